The molecule has 0 heterocycles. The number of methoxy groups -OCH3 is 1. The Morgan fingerprint density at radius 2 is 1.60 bits per heavy atom. The van der Waals surface area contributed by atoms with Crippen LogP contribution in [0.2, 0.25) is 0 Å². The van der Waals surface area contributed by atoms with Crippen LogP contribution in [0.4, 0.5) is 5.69 Å². The van der Waals surface area contributed by atoms with Crippen LogP contribution in [0.25, 0.3) is 0 Å². The van der Waals surface area contributed by atoms with Gasteiger partial charge < -0.3 is 20.1 Å². The number of ether oxygens (including phenoxy) is 2. The normalized spacial score (nSPS) is 11.3. The van der Waals surface area contributed by atoms with Gasteiger partial charge in [-0.05, 0) is 36.8 Å². The average molecular weight is 404 g/mol. The quantitative estimate of drug-likeness (QED) is 0.590. The molecule has 30 heavy (non-hydrogen) atoms. The van der Waals surface area contributed by atoms with Gasteiger partial charge in [-0.1, -0.05) is 48.5 Å². The molecule has 2 amide bonds. The van der Waals surface area contributed by atoms with Gasteiger partial charge in [0.25, 0.3) is 11.8 Å². The molecule has 2 N–H and O–H groups in total. The number of carbonyl (C=O) groups excluding carboxylic acids is 2. The molecule has 3 aromatic rings. The van der Waals surface area contributed by atoms with Crippen LogP contribution in [0, 0.1) is 0 Å². The maximum Gasteiger partial charge on any atom is 0.262 e. The third-order valence-corrected chi connectivity index (χ3v) is 4.50. The van der Waals surface area contributed by atoms with Crippen LogP contribution in [0.15, 0.2) is 78.9 Å². The average Bonchev–Trinajstić information content (AvgIpc) is 2.78. The number of anilines is 1. The van der Waals surface area contributed by atoms with Crippen LogP contribution in [0.3, 0.4) is 0 Å². The SMILES string of the molecule is COc1cccc(OCC(=O)Nc2ccccc2C(=O)N[C@H](C)c2ccccc2)c1. The Hall–Kier alpha value is -3.80. The second kappa shape index (κ2) is 10.1. The molecular formula is C24H24N2O4. The van der Waals surface area contributed by atoms with E-state index in [1.54, 1.807) is 55.6 Å². The van der Waals surface area contributed by atoms with Crippen LogP contribution >= 0.6 is 0 Å². The molecule has 1 atom stereocenters. The molecule has 3 aromatic carbocycles. The van der Waals surface area contributed by atoms with Crippen molar-refractivity contribution in [3.05, 3.63) is 90.0 Å². The fourth-order valence-corrected chi connectivity index (χ4v) is 2.92. The number of hydrogen-bond donors (Lipinski definition) is 2. The molecule has 0 aliphatic heterocycles. The number of benzene rings is 3. The first kappa shape index (κ1) is 20.9. The van der Waals surface area contributed by atoms with Crippen molar-refractivity contribution in [3.8, 4) is 11.5 Å². The summed E-state index contributed by atoms with van der Waals surface area (Å²) < 4.78 is 10.7. The first-order valence-electron chi connectivity index (χ1n) is 9.58. The molecule has 0 fully saturated rings. The largest absolute Gasteiger partial charge is 0.497 e. The van der Waals surface area contributed by atoms with E-state index in [-0.39, 0.29) is 24.5 Å². The van der Waals surface area contributed by atoms with Crippen LogP contribution in [-0.2, 0) is 4.79 Å². The van der Waals surface area contributed by atoms with Crippen LogP contribution < -0.4 is 20.1 Å². The molecule has 3 rings (SSSR count). The number of para-hydroxylation sites is 1. The lowest BCUT2D eigenvalue weighted by atomic mass is 10.1. The van der Waals surface area contributed by atoms with Crippen molar-refractivity contribution in [3.63, 3.8) is 0 Å². The second-order valence-electron chi connectivity index (χ2n) is 6.67. The summed E-state index contributed by atoms with van der Waals surface area (Å²) in [6.45, 7) is 1.72. The predicted molar refractivity (Wildman–Crippen MR) is 116 cm³/mol. The number of rotatable bonds is 8. The molecule has 0 bridgehead atoms. The van der Waals surface area contributed by atoms with E-state index >= 15 is 0 Å². The molecular weight excluding hydrogens is 380 g/mol. The molecule has 0 aliphatic rings. The fraction of sp³-hybridized carbons (Fsp3) is 0.167. The lowest BCUT2D eigenvalue weighted by Gasteiger charge is -2.16. The molecule has 154 valence electrons. The van der Waals surface area contributed by atoms with Crippen molar-refractivity contribution < 1.29 is 19.1 Å². The highest BCUT2D eigenvalue weighted by molar-refractivity contribution is 6.04. The summed E-state index contributed by atoms with van der Waals surface area (Å²) in [5.74, 6) is 0.528. The van der Waals surface area contributed by atoms with E-state index in [2.05, 4.69) is 10.6 Å². The number of nitrogens with one attached hydrogen (secondary N) is 2. The highest BCUT2D eigenvalue weighted by atomic mass is 16.5. The van der Waals surface area contributed by atoms with Crippen LogP contribution in [0.1, 0.15) is 28.9 Å². The number of amides is 2. The lowest BCUT2D eigenvalue weighted by Crippen LogP contribution is -2.28. The summed E-state index contributed by atoms with van der Waals surface area (Å²) in [4.78, 5) is 25.1. The van der Waals surface area contributed by atoms with Gasteiger partial charge in [0.2, 0.25) is 0 Å². The van der Waals surface area contributed by atoms with E-state index in [9.17, 15) is 9.59 Å². The molecule has 0 unspecified atom stereocenters. The molecule has 6 heteroatoms. The van der Waals surface area contributed by atoms with Gasteiger partial charge in [0.15, 0.2) is 6.61 Å². The molecule has 0 saturated heterocycles. The summed E-state index contributed by atoms with van der Waals surface area (Å²) in [5.41, 5.74) is 1.81. The van der Waals surface area contributed by atoms with Crippen LogP contribution in [-0.4, -0.2) is 25.5 Å². The minimum Gasteiger partial charge on any atom is -0.497 e. The Labute approximate surface area is 175 Å². The minimum atomic E-state index is -0.367. The van der Waals surface area contributed by atoms with Gasteiger partial charge in [-0.25, -0.2) is 0 Å². The maximum atomic E-state index is 12.8. The molecule has 0 aromatic heterocycles. The Bertz CT molecular complexity index is 1000. The Balaban J connectivity index is 1.62. The van der Waals surface area contributed by atoms with E-state index in [0.29, 0.717) is 22.7 Å². The fourth-order valence-electron chi connectivity index (χ4n) is 2.92. The van der Waals surface area contributed by atoms with Gasteiger partial charge in [0.05, 0.1) is 24.4 Å². The zero-order valence-corrected chi connectivity index (χ0v) is 16.9. The van der Waals surface area contributed by atoms with Gasteiger partial charge in [-0.15, -0.1) is 0 Å². The minimum absolute atomic E-state index is 0.168. The third-order valence-electron chi connectivity index (χ3n) is 4.50. The van der Waals surface area contributed by atoms with Gasteiger partial charge in [-0.2, -0.15) is 0 Å². The molecule has 0 aliphatic carbocycles. The van der Waals surface area contributed by atoms with Crippen molar-refractivity contribution in [2.75, 3.05) is 19.0 Å². The Morgan fingerprint density at radius 3 is 2.37 bits per heavy atom. The van der Waals surface area contributed by atoms with E-state index in [1.165, 1.54) is 0 Å². The molecule has 0 spiro atoms. The standard InChI is InChI=1S/C24H24N2O4/c1-17(18-9-4-3-5-10-18)25-24(28)21-13-6-7-14-22(21)26-23(27)16-30-20-12-8-11-19(15-20)29-2/h3-15,17H,16H2,1-2H3,(H,25,28)(H,26,27)/t17-/m1/s1. The van der Waals surface area contributed by atoms with E-state index in [4.69, 9.17) is 9.47 Å². The van der Waals surface area contributed by atoms with Gasteiger partial charge in [-0.3, -0.25) is 9.59 Å². The third kappa shape index (κ3) is 5.61. The smallest absolute Gasteiger partial charge is 0.262 e. The highest BCUT2D eigenvalue weighted by Crippen LogP contribution is 2.20. The van der Waals surface area contributed by atoms with Crippen molar-refractivity contribution in [1.82, 2.24) is 5.32 Å². The molecule has 6 nitrogen and oxygen atoms in total. The monoisotopic (exact) mass is 404 g/mol. The maximum absolute atomic E-state index is 12.8. The summed E-state index contributed by atoms with van der Waals surface area (Å²) in [5, 5.41) is 5.71. The topological polar surface area (TPSA) is 76.7 Å². The zero-order chi connectivity index (χ0) is 21.3. The summed E-state index contributed by atoms with van der Waals surface area (Å²) in [6, 6.07) is 23.4. The summed E-state index contributed by atoms with van der Waals surface area (Å²) in [7, 11) is 1.56. The van der Waals surface area contributed by atoms with Gasteiger partial charge in [0.1, 0.15) is 11.5 Å². The van der Waals surface area contributed by atoms with Crippen molar-refractivity contribution in [2.24, 2.45) is 0 Å². The van der Waals surface area contributed by atoms with Crippen molar-refractivity contribution in [1.29, 1.82) is 0 Å². The van der Waals surface area contributed by atoms with Crippen molar-refractivity contribution >= 4 is 17.5 Å². The highest BCUT2D eigenvalue weighted by Gasteiger charge is 2.16. The first-order chi connectivity index (χ1) is 14.6. The van der Waals surface area contributed by atoms with Gasteiger partial charge in [0, 0.05) is 6.07 Å². The number of carbonyl (C=O) groups is 2. The Morgan fingerprint density at radius 1 is 0.900 bits per heavy atom. The molecule has 0 radical (unpaired) electrons. The zero-order valence-electron chi connectivity index (χ0n) is 16.9. The lowest BCUT2D eigenvalue weighted by molar-refractivity contribution is -0.118. The number of hydrogen-bond acceptors (Lipinski definition) is 4. The van der Waals surface area contributed by atoms with E-state index < -0.39 is 0 Å². The summed E-state index contributed by atoms with van der Waals surface area (Å²) in [6.07, 6.45) is 0. The van der Waals surface area contributed by atoms with Crippen LogP contribution in [0.5, 0.6) is 11.5 Å². The molecule has 0 saturated carbocycles. The summed E-state index contributed by atoms with van der Waals surface area (Å²) >= 11 is 0. The van der Waals surface area contributed by atoms with Crippen molar-refractivity contribution in [2.45, 2.75) is 13.0 Å². The Kier molecular flexibility index (Phi) is 7.05. The predicted octanol–water partition coefficient (Wildman–Crippen LogP) is 4.20. The van der Waals surface area contributed by atoms with E-state index in [0.717, 1.165) is 5.56 Å². The van der Waals surface area contributed by atoms with E-state index in [1.807, 2.05) is 37.3 Å². The second-order valence-corrected chi connectivity index (χ2v) is 6.67. The van der Waals surface area contributed by atoms with Gasteiger partial charge >= 0.3 is 0 Å². The first-order valence-corrected chi connectivity index (χ1v) is 9.58.